The molecule has 0 spiro atoms. The molecule has 0 unspecified atom stereocenters. The van der Waals surface area contributed by atoms with Crippen LogP contribution in [0.25, 0.3) is 0 Å². The molecule has 18 heavy (non-hydrogen) atoms. The molecule has 0 saturated heterocycles. The van der Waals surface area contributed by atoms with Crippen LogP contribution in [0.1, 0.15) is 33.1 Å². The second-order valence-corrected chi connectivity index (χ2v) is 5.34. The molecule has 0 aromatic heterocycles. The van der Waals surface area contributed by atoms with Gasteiger partial charge in [0.2, 0.25) is 5.91 Å². The summed E-state index contributed by atoms with van der Waals surface area (Å²) < 4.78 is 37.4. The molecule has 1 saturated carbocycles. The van der Waals surface area contributed by atoms with E-state index >= 15 is 0 Å². The minimum atomic E-state index is -4.35. The van der Waals surface area contributed by atoms with E-state index in [1.165, 1.54) is 0 Å². The van der Waals surface area contributed by atoms with Crippen molar-refractivity contribution in [3.05, 3.63) is 0 Å². The van der Waals surface area contributed by atoms with Gasteiger partial charge in [-0.25, -0.2) is 0 Å². The highest BCUT2D eigenvalue weighted by molar-refractivity contribution is 5.84. The van der Waals surface area contributed by atoms with Crippen LogP contribution in [0.2, 0.25) is 0 Å². The first-order chi connectivity index (χ1) is 8.24. The Labute approximate surface area is 106 Å². The summed E-state index contributed by atoms with van der Waals surface area (Å²) in [4.78, 5) is 13.2. The number of alkyl halides is 3. The Kier molecular flexibility index (Phi) is 4.64. The van der Waals surface area contributed by atoms with Crippen LogP contribution in [0.15, 0.2) is 0 Å². The molecule has 2 N–H and O–H groups in total. The minimum absolute atomic E-state index is 0.133. The predicted octanol–water partition coefficient (Wildman–Crippen LogP) is 2.16. The first kappa shape index (κ1) is 15.3. The number of nitrogens with zero attached hydrogens (tertiary/aromatic N) is 1. The first-order valence-electron chi connectivity index (χ1n) is 6.30. The number of rotatable bonds is 5. The molecule has 0 aliphatic heterocycles. The summed E-state index contributed by atoms with van der Waals surface area (Å²) in [5.41, 5.74) is 4.85. The van der Waals surface area contributed by atoms with Gasteiger partial charge >= 0.3 is 6.18 Å². The van der Waals surface area contributed by atoms with Gasteiger partial charge in [0.25, 0.3) is 0 Å². The van der Waals surface area contributed by atoms with Gasteiger partial charge in [0.15, 0.2) is 0 Å². The molecule has 1 fully saturated rings. The summed E-state index contributed by atoms with van der Waals surface area (Å²) in [7, 11) is 0. The average molecular weight is 266 g/mol. The van der Waals surface area contributed by atoms with Crippen molar-refractivity contribution in [2.24, 2.45) is 17.1 Å². The molecule has 106 valence electrons. The highest BCUT2D eigenvalue weighted by Crippen LogP contribution is 2.46. The molecule has 1 aliphatic rings. The van der Waals surface area contributed by atoms with Gasteiger partial charge in [-0.05, 0) is 25.2 Å². The van der Waals surface area contributed by atoms with Crippen molar-refractivity contribution in [3.63, 3.8) is 0 Å². The van der Waals surface area contributed by atoms with Crippen molar-refractivity contribution in [1.82, 2.24) is 4.90 Å². The lowest BCUT2D eigenvalue weighted by Gasteiger charge is -2.46. The van der Waals surface area contributed by atoms with E-state index in [0.717, 1.165) is 4.90 Å². The van der Waals surface area contributed by atoms with Crippen molar-refractivity contribution < 1.29 is 18.0 Å². The van der Waals surface area contributed by atoms with E-state index in [1.54, 1.807) is 6.92 Å². The number of halogens is 3. The van der Waals surface area contributed by atoms with E-state index < -0.39 is 24.0 Å². The van der Waals surface area contributed by atoms with Gasteiger partial charge in [0, 0.05) is 13.1 Å². The SMILES string of the molecule is CCCN(CC(F)(F)F)C(=O)C1(CN)CC(C)C1. The van der Waals surface area contributed by atoms with Crippen molar-refractivity contribution in [2.75, 3.05) is 19.6 Å². The van der Waals surface area contributed by atoms with Gasteiger partial charge in [0.05, 0.1) is 5.41 Å². The maximum Gasteiger partial charge on any atom is 0.406 e. The van der Waals surface area contributed by atoms with Crippen LogP contribution in [-0.2, 0) is 4.79 Å². The second kappa shape index (κ2) is 5.47. The molecule has 0 atom stereocenters. The van der Waals surface area contributed by atoms with Gasteiger partial charge in [-0.1, -0.05) is 13.8 Å². The van der Waals surface area contributed by atoms with Crippen molar-refractivity contribution in [2.45, 2.75) is 39.3 Å². The zero-order chi connectivity index (χ0) is 14.0. The number of carbonyl (C=O) groups excluding carboxylic acids is 1. The van der Waals surface area contributed by atoms with E-state index in [1.807, 2.05) is 6.92 Å². The van der Waals surface area contributed by atoms with Crippen molar-refractivity contribution in [1.29, 1.82) is 0 Å². The highest BCUT2D eigenvalue weighted by atomic mass is 19.4. The summed E-state index contributed by atoms with van der Waals surface area (Å²) in [5, 5.41) is 0. The summed E-state index contributed by atoms with van der Waals surface area (Å²) in [6.07, 6.45) is -2.64. The van der Waals surface area contributed by atoms with Crippen LogP contribution < -0.4 is 5.73 Å². The monoisotopic (exact) mass is 266 g/mol. The van der Waals surface area contributed by atoms with Gasteiger partial charge < -0.3 is 10.6 Å². The molecule has 1 rings (SSSR count). The molecule has 0 aromatic carbocycles. The maximum atomic E-state index is 12.5. The second-order valence-electron chi connectivity index (χ2n) is 5.34. The molecule has 0 radical (unpaired) electrons. The van der Waals surface area contributed by atoms with Crippen LogP contribution in [0, 0.1) is 11.3 Å². The molecule has 1 amide bonds. The fraction of sp³-hybridized carbons (Fsp3) is 0.917. The maximum absolute atomic E-state index is 12.5. The lowest BCUT2D eigenvalue weighted by atomic mass is 9.62. The summed E-state index contributed by atoms with van der Waals surface area (Å²) >= 11 is 0. The topological polar surface area (TPSA) is 46.3 Å². The number of hydrogen-bond acceptors (Lipinski definition) is 2. The zero-order valence-corrected chi connectivity index (χ0v) is 10.9. The Morgan fingerprint density at radius 3 is 2.33 bits per heavy atom. The summed E-state index contributed by atoms with van der Waals surface area (Å²) in [5.74, 6) is -0.0610. The van der Waals surface area contributed by atoms with Crippen LogP contribution in [0.4, 0.5) is 13.2 Å². The molecule has 3 nitrogen and oxygen atoms in total. The Balaban J connectivity index is 2.76. The fourth-order valence-corrected chi connectivity index (χ4v) is 2.78. The molecule has 0 aromatic rings. The normalized spacial score (nSPS) is 27.8. The molecule has 0 bridgehead atoms. The van der Waals surface area contributed by atoms with E-state index in [4.69, 9.17) is 5.73 Å². The standard InChI is InChI=1S/C12H21F3N2O/c1-3-4-17(8-12(13,14)15)10(18)11(7-16)5-9(2)6-11/h9H,3-8,16H2,1-2H3. The number of amides is 1. The van der Waals surface area contributed by atoms with Crippen molar-refractivity contribution >= 4 is 5.91 Å². The van der Waals surface area contributed by atoms with Crippen LogP contribution in [0.3, 0.4) is 0 Å². The van der Waals surface area contributed by atoms with Gasteiger partial charge in [-0.3, -0.25) is 4.79 Å². The minimum Gasteiger partial charge on any atom is -0.333 e. The van der Waals surface area contributed by atoms with Crippen LogP contribution in [-0.4, -0.2) is 36.6 Å². The fourth-order valence-electron chi connectivity index (χ4n) is 2.78. The lowest BCUT2D eigenvalue weighted by Crippen LogP contribution is -2.56. The van der Waals surface area contributed by atoms with E-state index in [2.05, 4.69) is 0 Å². The Morgan fingerprint density at radius 1 is 1.44 bits per heavy atom. The van der Waals surface area contributed by atoms with E-state index in [0.29, 0.717) is 25.2 Å². The van der Waals surface area contributed by atoms with Gasteiger partial charge in [-0.15, -0.1) is 0 Å². The molecule has 1 aliphatic carbocycles. The predicted molar refractivity (Wildman–Crippen MR) is 62.8 cm³/mol. The van der Waals surface area contributed by atoms with E-state index in [9.17, 15) is 18.0 Å². The Bertz CT molecular complexity index is 298. The quantitative estimate of drug-likeness (QED) is 0.829. The number of hydrogen-bond donors (Lipinski definition) is 1. The Morgan fingerprint density at radius 2 is 2.00 bits per heavy atom. The highest BCUT2D eigenvalue weighted by Gasteiger charge is 2.50. The molecule has 0 heterocycles. The van der Waals surface area contributed by atoms with Crippen LogP contribution >= 0.6 is 0 Å². The summed E-state index contributed by atoms with van der Waals surface area (Å²) in [6, 6.07) is 0. The smallest absolute Gasteiger partial charge is 0.333 e. The van der Waals surface area contributed by atoms with E-state index in [-0.39, 0.29) is 13.1 Å². The number of nitrogens with two attached hydrogens (primary N) is 1. The average Bonchev–Trinajstić information content (AvgIpc) is 2.21. The molecular formula is C12H21F3N2O. The third kappa shape index (κ3) is 3.37. The zero-order valence-electron chi connectivity index (χ0n) is 10.9. The van der Waals surface area contributed by atoms with Crippen LogP contribution in [0.5, 0.6) is 0 Å². The van der Waals surface area contributed by atoms with Gasteiger partial charge in [-0.2, -0.15) is 13.2 Å². The third-order valence-electron chi connectivity index (χ3n) is 3.47. The molecule has 6 heteroatoms. The summed E-state index contributed by atoms with van der Waals surface area (Å²) in [6.45, 7) is 2.84. The number of carbonyl (C=O) groups is 1. The Hall–Kier alpha value is -0.780. The van der Waals surface area contributed by atoms with Crippen molar-refractivity contribution in [3.8, 4) is 0 Å². The lowest BCUT2D eigenvalue weighted by molar-refractivity contribution is -0.172. The molecular weight excluding hydrogens is 245 g/mol. The van der Waals surface area contributed by atoms with Gasteiger partial charge in [0.1, 0.15) is 6.54 Å². The largest absolute Gasteiger partial charge is 0.406 e. The third-order valence-corrected chi connectivity index (χ3v) is 3.47. The first-order valence-corrected chi connectivity index (χ1v) is 6.30.